The summed E-state index contributed by atoms with van der Waals surface area (Å²) in [6.45, 7) is 0.586. The third-order valence-electron chi connectivity index (χ3n) is 3.10. The Morgan fingerprint density at radius 2 is 1.85 bits per heavy atom. The van der Waals surface area contributed by atoms with Gasteiger partial charge in [-0.1, -0.05) is 0 Å². The zero-order chi connectivity index (χ0) is 9.53. The first-order valence-corrected chi connectivity index (χ1v) is 4.78. The fraction of sp³-hybridized carbons (Fsp3) is 1.00. The number of likely N-dealkylation sites (tertiary alicyclic amines) is 1. The summed E-state index contributed by atoms with van der Waals surface area (Å²) in [6.07, 6.45) is 0.341. The van der Waals surface area contributed by atoms with Gasteiger partial charge in [-0.2, -0.15) is 13.2 Å². The Morgan fingerprint density at radius 1 is 1.15 bits per heavy atom. The van der Waals surface area contributed by atoms with E-state index in [1.165, 1.54) is 0 Å². The van der Waals surface area contributed by atoms with Crippen LogP contribution in [0.1, 0.15) is 25.7 Å². The minimum Gasteiger partial charge on any atom is -0.294 e. The maximum atomic E-state index is 12.1. The van der Waals surface area contributed by atoms with Crippen LogP contribution in [-0.4, -0.2) is 30.7 Å². The van der Waals surface area contributed by atoms with E-state index in [-0.39, 0.29) is 0 Å². The molecule has 1 aliphatic carbocycles. The predicted molar refractivity (Wildman–Crippen MR) is 43.4 cm³/mol. The van der Waals surface area contributed by atoms with E-state index in [1.54, 1.807) is 4.90 Å². The van der Waals surface area contributed by atoms with E-state index in [0.29, 0.717) is 18.5 Å². The van der Waals surface area contributed by atoms with Gasteiger partial charge in [0.05, 0.1) is 6.54 Å². The molecular weight excluding hydrogens is 179 g/mol. The number of hydrogen-bond acceptors (Lipinski definition) is 1. The SMILES string of the molecule is FC(F)(F)CN1CCCC2(CC2)C1. The van der Waals surface area contributed by atoms with Crippen molar-refractivity contribution in [2.24, 2.45) is 5.41 Å². The summed E-state index contributed by atoms with van der Waals surface area (Å²) in [5.74, 6) is 0. The van der Waals surface area contributed by atoms with Crippen molar-refractivity contribution in [3.63, 3.8) is 0 Å². The van der Waals surface area contributed by atoms with Gasteiger partial charge in [0, 0.05) is 6.54 Å². The maximum absolute atomic E-state index is 12.1. The molecule has 0 aromatic rings. The molecule has 1 saturated heterocycles. The second-order valence-corrected chi connectivity index (χ2v) is 4.43. The highest BCUT2D eigenvalue weighted by molar-refractivity contribution is 4.98. The van der Waals surface area contributed by atoms with Gasteiger partial charge in [0.2, 0.25) is 0 Å². The molecule has 4 heteroatoms. The summed E-state index contributed by atoms with van der Waals surface area (Å²) >= 11 is 0. The maximum Gasteiger partial charge on any atom is 0.401 e. The molecule has 0 bridgehead atoms. The third kappa shape index (κ3) is 2.36. The van der Waals surface area contributed by atoms with Gasteiger partial charge in [-0.3, -0.25) is 4.90 Å². The number of nitrogens with zero attached hydrogens (tertiary/aromatic N) is 1. The Kier molecular flexibility index (Phi) is 2.06. The lowest BCUT2D eigenvalue weighted by molar-refractivity contribution is -0.150. The normalized spacial score (nSPS) is 27.9. The molecule has 2 fully saturated rings. The van der Waals surface area contributed by atoms with Crippen LogP contribution in [-0.2, 0) is 0 Å². The monoisotopic (exact) mass is 193 g/mol. The molecule has 0 atom stereocenters. The van der Waals surface area contributed by atoms with Gasteiger partial charge >= 0.3 is 6.18 Å². The van der Waals surface area contributed by atoms with E-state index in [0.717, 1.165) is 25.7 Å². The third-order valence-corrected chi connectivity index (χ3v) is 3.10. The minimum absolute atomic E-state index is 0.295. The Morgan fingerprint density at radius 3 is 2.38 bits per heavy atom. The van der Waals surface area contributed by atoms with Crippen LogP contribution >= 0.6 is 0 Å². The summed E-state index contributed by atoms with van der Waals surface area (Å²) < 4.78 is 36.2. The first kappa shape index (κ1) is 9.31. The minimum atomic E-state index is -4.02. The summed E-state index contributed by atoms with van der Waals surface area (Å²) in [7, 11) is 0. The van der Waals surface area contributed by atoms with Crippen molar-refractivity contribution in [2.45, 2.75) is 31.9 Å². The summed E-state index contributed by atoms with van der Waals surface area (Å²) in [5.41, 5.74) is 0.295. The number of hydrogen-bond donors (Lipinski definition) is 0. The summed E-state index contributed by atoms with van der Waals surface area (Å²) in [6, 6.07) is 0. The molecule has 1 nitrogen and oxygen atoms in total. The van der Waals surface area contributed by atoms with Crippen molar-refractivity contribution in [3.8, 4) is 0 Å². The predicted octanol–water partition coefficient (Wildman–Crippen LogP) is 2.42. The number of rotatable bonds is 1. The fourth-order valence-electron chi connectivity index (χ4n) is 2.28. The van der Waals surface area contributed by atoms with Crippen LogP contribution < -0.4 is 0 Å². The van der Waals surface area contributed by atoms with E-state index in [4.69, 9.17) is 0 Å². The average molecular weight is 193 g/mol. The molecule has 0 aromatic heterocycles. The lowest BCUT2D eigenvalue weighted by Crippen LogP contribution is -2.42. The molecule has 13 heavy (non-hydrogen) atoms. The quantitative estimate of drug-likeness (QED) is 0.618. The lowest BCUT2D eigenvalue weighted by atomic mass is 9.95. The van der Waals surface area contributed by atoms with E-state index in [2.05, 4.69) is 0 Å². The van der Waals surface area contributed by atoms with Crippen LogP contribution in [0.5, 0.6) is 0 Å². The largest absolute Gasteiger partial charge is 0.401 e. The molecule has 1 heterocycles. The van der Waals surface area contributed by atoms with Crippen LogP contribution in [0.15, 0.2) is 0 Å². The standard InChI is InChI=1S/C9H14F3N/c10-9(11,12)7-13-5-1-2-8(6-13)3-4-8/h1-7H2. The topological polar surface area (TPSA) is 3.24 Å². The van der Waals surface area contributed by atoms with E-state index in [9.17, 15) is 13.2 Å². The Labute approximate surface area is 75.9 Å². The smallest absolute Gasteiger partial charge is 0.294 e. The summed E-state index contributed by atoms with van der Waals surface area (Å²) in [4.78, 5) is 1.57. The van der Waals surface area contributed by atoms with Crippen molar-refractivity contribution in [3.05, 3.63) is 0 Å². The lowest BCUT2D eigenvalue weighted by Gasteiger charge is -2.33. The number of alkyl halides is 3. The molecule has 0 unspecified atom stereocenters. The fourth-order valence-corrected chi connectivity index (χ4v) is 2.28. The van der Waals surface area contributed by atoms with Crippen LogP contribution in [0.3, 0.4) is 0 Å². The zero-order valence-electron chi connectivity index (χ0n) is 7.53. The van der Waals surface area contributed by atoms with E-state index in [1.807, 2.05) is 0 Å². The highest BCUT2D eigenvalue weighted by atomic mass is 19.4. The van der Waals surface area contributed by atoms with Crippen LogP contribution in [0, 0.1) is 5.41 Å². The molecular formula is C9H14F3N. The van der Waals surface area contributed by atoms with Crippen LogP contribution in [0.2, 0.25) is 0 Å². The zero-order valence-corrected chi connectivity index (χ0v) is 7.53. The van der Waals surface area contributed by atoms with Crippen molar-refractivity contribution in [1.82, 2.24) is 4.90 Å². The van der Waals surface area contributed by atoms with E-state index < -0.39 is 12.7 Å². The Hall–Kier alpha value is -0.250. The first-order chi connectivity index (χ1) is 5.99. The second-order valence-electron chi connectivity index (χ2n) is 4.43. The van der Waals surface area contributed by atoms with Crippen LogP contribution in [0.4, 0.5) is 13.2 Å². The highest BCUT2D eigenvalue weighted by Crippen LogP contribution is 2.52. The molecule has 1 aliphatic heterocycles. The molecule has 0 amide bonds. The van der Waals surface area contributed by atoms with E-state index >= 15 is 0 Å². The van der Waals surface area contributed by atoms with Crippen molar-refractivity contribution in [1.29, 1.82) is 0 Å². The van der Waals surface area contributed by atoms with Gasteiger partial charge < -0.3 is 0 Å². The molecule has 2 rings (SSSR count). The molecule has 0 radical (unpaired) electrons. The van der Waals surface area contributed by atoms with Crippen molar-refractivity contribution >= 4 is 0 Å². The Balaban J connectivity index is 1.86. The molecule has 0 aromatic carbocycles. The van der Waals surface area contributed by atoms with Gasteiger partial charge in [-0.25, -0.2) is 0 Å². The van der Waals surface area contributed by atoms with Gasteiger partial charge in [0.15, 0.2) is 0 Å². The van der Waals surface area contributed by atoms with Gasteiger partial charge in [0.1, 0.15) is 0 Å². The molecule has 76 valence electrons. The van der Waals surface area contributed by atoms with Crippen molar-refractivity contribution in [2.75, 3.05) is 19.6 Å². The number of piperidine rings is 1. The van der Waals surface area contributed by atoms with Gasteiger partial charge in [0.25, 0.3) is 0 Å². The van der Waals surface area contributed by atoms with Gasteiger partial charge in [-0.15, -0.1) is 0 Å². The molecule has 0 N–H and O–H groups in total. The average Bonchev–Trinajstić information content (AvgIpc) is 2.65. The van der Waals surface area contributed by atoms with Crippen molar-refractivity contribution < 1.29 is 13.2 Å². The molecule has 1 spiro atoms. The number of halogens is 3. The first-order valence-electron chi connectivity index (χ1n) is 4.78. The molecule has 1 saturated carbocycles. The highest BCUT2D eigenvalue weighted by Gasteiger charge is 2.46. The molecule has 2 aliphatic rings. The van der Waals surface area contributed by atoms with Crippen LogP contribution in [0.25, 0.3) is 0 Å². The summed E-state index contributed by atoms with van der Waals surface area (Å²) in [5, 5.41) is 0. The van der Waals surface area contributed by atoms with Gasteiger partial charge in [-0.05, 0) is 37.6 Å². The Bertz CT molecular complexity index is 194. The second kappa shape index (κ2) is 2.87.